The van der Waals surface area contributed by atoms with Gasteiger partial charge in [-0.05, 0) is 6.42 Å². The maximum atomic E-state index is 14.1. The number of nitrogens with two attached hydrogens (primary N) is 5. The van der Waals surface area contributed by atoms with E-state index in [4.69, 9.17) is 62.2 Å². The molecule has 3 fully saturated rings. The van der Waals surface area contributed by atoms with Crippen molar-refractivity contribution in [3.63, 3.8) is 0 Å². The van der Waals surface area contributed by atoms with Crippen LogP contribution in [0.2, 0.25) is 0 Å². The molecule has 314 valence electrons. The molecule has 0 spiro atoms. The summed E-state index contributed by atoms with van der Waals surface area (Å²) in [5.41, 5.74) is 29.3. The topological polar surface area (TPSA) is 388 Å². The molecule has 1 amide bonds. The molecule has 4 aliphatic rings. The normalized spacial score (nSPS) is 42.8. The summed E-state index contributed by atoms with van der Waals surface area (Å²) in [7, 11) is 0. The molecule has 4 rings (SSSR count). The second kappa shape index (κ2) is 19.6. The molecule has 54 heavy (non-hydrogen) atoms. The Labute approximate surface area is 308 Å². The minimum atomic E-state index is -4.02. The number of rotatable bonds is 17. The number of alkyl halides is 2. The lowest BCUT2D eigenvalue weighted by Gasteiger charge is -2.46. The van der Waals surface area contributed by atoms with Gasteiger partial charge in [0.2, 0.25) is 0 Å². The predicted molar refractivity (Wildman–Crippen MR) is 176 cm³/mol. The van der Waals surface area contributed by atoms with Crippen LogP contribution < -0.4 is 39.3 Å². The van der Waals surface area contributed by atoms with Gasteiger partial charge < -0.3 is 109 Å². The second-order valence-electron chi connectivity index (χ2n) is 13.7. The van der Waals surface area contributed by atoms with Crippen LogP contribution in [0.25, 0.3) is 0 Å². The fraction of sp³-hybridized carbons (Fsp3) is 0.900. The number of halogens is 2. The summed E-state index contributed by atoms with van der Waals surface area (Å²) in [4.78, 5) is 12.7. The first kappa shape index (κ1) is 45.0. The molecule has 3 aliphatic heterocycles. The van der Waals surface area contributed by atoms with Crippen LogP contribution in [0.3, 0.4) is 0 Å². The summed E-state index contributed by atoms with van der Waals surface area (Å²) in [5.74, 6) is -5.60. The summed E-state index contributed by atoms with van der Waals surface area (Å²) < 4.78 is 63.4. The number of amides is 1. The van der Waals surface area contributed by atoms with Gasteiger partial charge in [0.1, 0.15) is 54.9 Å². The molecule has 22 nitrogen and oxygen atoms in total. The van der Waals surface area contributed by atoms with Gasteiger partial charge in [0.25, 0.3) is 11.8 Å². The van der Waals surface area contributed by atoms with Crippen molar-refractivity contribution in [2.75, 3.05) is 39.4 Å². The lowest BCUT2D eigenvalue weighted by atomic mass is 9.83. The minimum Gasteiger partial charge on any atom is -0.394 e. The van der Waals surface area contributed by atoms with E-state index in [-0.39, 0.29) is 26.1 Å². The first-order chi connectivity index (χ1) is 25.5. The van der Waals surface area contributed by atoms with E-state index in [1.54, 1.807) is 12.2 Å². The minimum absolute atomic E-state index is 0.0363. The van der Waals surface area contributed by atoms with Crippen molar-refractivity contribution in [2.45, 2.75) is 129 Å². The van der Waals surface area contributed by atoms with Gasteiger partial charge in [-0.15, -0.1) is 0 Å². The van der Waals surface area contributed by atoms with Gasteiger partial charge in [-0.25, -0.2) is 8.78 Å². The van der Waals surface area contributed by atoms with Crippen molar-refractivity contribution in [3.05, 3.63) is 12.2 Å². The molecule has 1 aliphatic carbocycles. The van der Waals surface area contributed by atoms with E-state index in [1.807, 2.05) is 0 Å². The average Bonchev–Trinajstić information content (AvgIpc) is 3.45. The van der Waals surface area contributed by atoms with Crippen molar-refractivity contribution in [1.82, 2.24) is 10.6 Å². The fourth-order valence-corrected chi connectivity index (χ4v) is 6.49. The van der Waals surface area contributed by atoms with Crippen LogP contribution in [0.5, 0.6) is 0 Å². The Balaban J connectivity index is 1.55. The van der Waals surface area contributed by atoms with Crippen LogP contribution in [-0.2, 0) is 33.2 Å². The maximum Gasteiger partial charge on any atom is 0.294 e. The molecule has 19 atom stereocenters. The number of nitrogens with one attached hydrogen (secondary N) is 2. The molecule has 3 heterocycles. The van der Waals surface area contributed by atoms with E-state index in [0.717, 1.165) is 0 Å². The van der Waals surface area contributed by atoms with Crippen LogP contribution in [0, 0.1) is 0 Å². The van der Waals surface area contributed by atoms with E-state index < -0.39 is 148 Å². The Morgan fingerprint density at radius 2 is 1.50 bits per heavy atom. The first-order valence-corrected chi connectivity index (χ1v) is 17.4. The molecule has 0 bridgehead atoms. The van der Waals surface area contributed by atoms with Gasteiger partial charge in [-0.2, -0.15) is 0 Å². The molecule has 0 aromatic heterocycles. The maximum absolute atomic E-state index is 14.1. The van der Waals surface area contributed by atoms with Gasteiger partial charge in [-0.1, -0.05) is 12.2 Å². The molecular formula is C30H55F2N7O15. The third-order valence-electron chi connectivity index (χ3n) is 9.70. The Bertz CT molecular complexity index is 1220. The zero-order valence-electron chi connectivity index (χ0n) is 29.2. The quantitative estimate of drug-likeness (QED) is 0.0608. The Morgan fingerprint density at radius 3 is 2.13 bits per heavy atom. The standard InChI is InChI=1S/C30H55F2N7O15/c31-30(32,9-34)25(47)26(48)39-14-3-13(36)22(52-27-12(35)2-1-11(49-27)6-38-5-10(42)7-40)24(18(14)43)54-29-21(46)23(16(8-41)51-29)53-28-17(37)20(45)19(44)15(4-33)50-28/h1-2,10-25,27-29,38,40-47H,3-9,33-37H2,(H,39,48)/t10?,11-,12+,13-,14+,15-,16+,17+,18-,19+,20+,21+,22+,23+,24+,25+,27+,28+,29-/m0/s1. The lowest BCUT2D eigenvalue weighted by Crippen LogP contribution is -2.67. The third kappa shape index (κ3) is 10.4. The number of aliphatic hydroxyl groups excluding tert-OH is 8. The molecule has 1 saturated carbocycles. The summed E-state index contributed by atoms with van der Waals surface area (Å²) in [6.07, 6.45) is -19.8. The van der Waals surface area contributed by atoms with E-state index in [2.05, 4.69) is 10.6 Å². The van der Waals surface area contributed by atoms with E-state index in [9.17, 15) is 49.3 Å². The Morgan fingerprint density at radius 1 is 0.852 bits per heavy atom. The van der Waals surface area contributed by atoms with Crippen LogP contribution in [0.1, 0.15) is 6.42 Å². The van der Waals surface area contributed by atoms with E-state index in [1.165, 1.54) is 0 Å². The van der Waals surface area contributed by atoms with E-state index in [0.29, 0.717) is 0 Å². The zero-order chi connectivity index (χ0) is 40.1. The third-order valence-corrected chi connectivity index (χ3v) is 9.70. The average molecular weight is 792 g/mol. The molecule has 0 radical (unpaired) electrons. The predicted octanol–water partition coefficient (Wildman–Crippen LogP) is -8.96. The first-order valence-electron chi connectivity index (χ1n) is 17.4. The number of carbonyl (C=O) groups excluding carboxylic acids is 1. The number of ether oxygens (including phenoxy) is 6. The van der Waals surface area contributed by atoms with Gasteiger partial charge in [0, 0.05) is 25.7 Å². The molecule has 20 N–H and O–H groups in total. The lowest BCUT2D eigenvalue weighted by molar-refractivity contribution is -0.284. The van der Waals surface area contributed by atoms with Gasteiger partial charge in [0.05, 0.1) is 50.1 Å². The SMILES string of the molecule is NC[C@@H]1O[C@H](O[C@H]2[C@@H](O)[C@H](O[C@@H]3[C@@H](O)[C@H](NC(=O)[C@@H](O)C(F)(F)CN)C[C@H](N)[C@H]3O[C@H]3O[C@H](CNCC(O)CO)C=C[C@H]3N)O[C@@H]2CO)[C@H](N)[C@@H](O)[C@@H]1O. The number of hydrogen-bond acceptors (Lipinski definition) is 21. The Kier molecular flexibility index (Phi) is 16.3. The highest BCUT2D eigenvalue weighted by Gasteiger charge is 2.54. The van der Waals surface area contributed by atoms with Crippen LogP contribution in [0.4, 0.5) is 8.78 Å². The second-order valence-corrected chi connectivity index (χ2v) is 13.7. The van der Waals surface area contributed by atoms with Crippen molar-refractivity contribution < 1.29 is 82.8 Å². The summed E-state index contributed by atoms with van der Waals surface area (Å²) in [6, 6.07) is -4.88. The van der Waals surface area contributed by atoms with Crippen molar-refractivity contribution in [3.8, 4) is 0 Å². The number of hydrogen-bond donors (Lipinski definition) is 15. The number of carbonyl (C=O) groups is 1. The number of aliphatic hydroxyl groups is 8. The highest BCUT2D eigenvalue weighted by molar-refractivity contribution is 5.82. The highest BCUT2D eigenvalue weighted by atomic mass is 19.3. The Hall–Kier alpha value is -1.73. The van der Waals surface area contributed by atoms with Crippen LogP contribution in [-0.4, -0.2) is 208 Å². The summed E-state index contributed by atoms with van der Waals surface area (Å²) in [6.45, 7) is -2.66. The smallest absolute Gasteiger partial charge is 0.294 e. The van der Waals surface area contributed by atoms with Gasteiger partial charge >= 0.3 is 0 Å². The molecule has 2 saturated heterocycles. The molecular weight excluding hydrogens is 736 g/mol. The van der Waals surface area contributed by atoms with Gasteiger partial charge in [-0.3, -0.25) is 4.79 Å². The summed E-state index contributed by atoms with van der Waals surface area (Å²) >= 11 is 0. The monoisotopic (exact) mass is 791 g/mol. The van der Waals surface area contributed by atoms with Crippen LogP contribution in [0.15, 0.2) is 12.2 Å². The molecule has 0 aromatic rings. The zero-order valence-corrected chi connectivity index (χ0v) is 29.2. The van der Waals surface area contributed by atoms with Gasteiger partial charge in [0.15, 0.2) is 25.0 Å². The summed E-state index contributed by atoms with van der Waals surface area (Å²) in [5, 5.41) is 87.3. The van der Waals surface area contributed by atoms with Crippen molar-refractivity contribution in [1.29, 1.82) is 0 Å². The van der Waals surface area contributed by atoms with Crippen molar-refractivity contribution >= 4 is 5.91 Å². The fourth-order valence-electron chi connectivity index (χ4n) is 6.49. The van der Waals surface area contributed by atoms with Crippen molar-refractivity contribution in [2.24, 2.45) is 28.7 Å². The largest absolute Gasteiger partial charge is 0.394 e. The molecule has 1 unspecified atom stereocenters. The highest BCUT2D eigenvalue weighted by Crippen LogP contribution is 2.34. The van der Waals surface area contributed by atoms with E-state index >= 15 is 0 Å². The molecule has 24 heteroatoms. The van der Waals surface area contributed by atoms with Crippen LogP contribution >= 0.6 is 0 Å². The molecule has 0 aromatic carbocycles.